The molecular weight excluding hydrogens is 288 g/mol. The minimum atomic E-state index is 0.155. The summed E-state index contributed by atoms with van der Waals surface area (Å²) in [4.78, 5) is 20.7. The van der Waals surface area contributed by atoms with Crippen LogP contribution in [-0.2, 0) is 11.3 Å². The molecule has 1 amide bonds. The van der Waals surface area contributed by atoms with E-state index in [-0.39, 0.29) is 11.8 Å². The van der Waals surface area contributed by atoms with Gasteiger partial charge in [-0.25, -0.2) is 9.97 Å². The van der Waals surface area contributed by atoms with Crippen LogP contribution in [-0.4, -0.2) is 20.4 Å². The number of para-hydroxylation sites is 2. The van der Waals surface area contributed by atoms with E-state index >= 15 is 0 Å². The van der Waals surface area contributed by atoms with E-state index < -0.39 is 0 Å². The van der Waals surface area contributed by atoms with Gasteiger partial charge in [-0.05, 0) is 36.1 Å². The molecule has 5 heteroatoms. The molecule has 2 heterocycles. The van der Waals surface area contributed by atoms with Crippen molar-refractivity contribution in [1.29, 1.82) is 0 Å². The number of carbonyl (C=O) groups is 1. The Hall–Kier alpha value is -2.69. The van der Waals surface area contributed by atoms with E-state index in [9.17, 15) is 4.79 Å². The molecule has 1 aliphatic rings. The lowest BCUT2D eigenvalue weighted by atomic mass is 10.2. The first kappa shape index (κ1) is 13.9. The van der Waals surface area contributed by atoms with Gasteiger partial charge in [0.15, 0.2) is 0 Å². The molecule has 23 heavy (non-hydrogen) atoms. The largest absolute Gasteiger partial charge is 0.352 e. The van der Waals surface area contributed by atoms with E-state index in [1.165, 1.54) is 0 Å². The third-order valence-corrected chi connectivity index (χ3v) is 4.42. The average Bonchev–Trinajstić information content (AvgIpc) is 3.17. The van der Waals surface area contributed by atoms with Crippen LogP contribution in [0.1, 0.15) is 18.9 Å². The Morgan fingerprint density at radius 1 is 1.26 bits per heavy atom. The van der Waals surface area contributed by atoms with Crippen molar-refractivity contribution in [3.63, 3.8) is 0 Å². The maximum absolute atomic E-state index is 11.8. The number of amides is 1. The van der Waals surface area contributed by atoms with Gasteiger partial charge >= 0.3 is 0 Å². The minimum absolute atomic E-state index is 0.155. The highest BCUT2D eigenvalue weighted by Gasteiger charge is 2.38. The summed E-state index contributed by atoms with van der Waals surface area (Å²) in [6, 6.07) is 11.9. The summed E-state index contributed by atoms with van der Waals surface area (Å²) >= 11 is 0. The van der Waals surface area contributed by atoms with Gasteiger partial charge in [0.2, 0.25) is 5.91 Å². The Kier molecular flexibility index (Phi) is 3.33. The number of rotatable bonds is 4. The Morgan fingerprint density at radius 3 is 2.83 bits per heavy atom. The highest BCUT2D eigenvalue weighted by atomic mass is 16.2. The van der Waals surface area contributed by atoms with Gasteiger partial charge in [0.05, 0.1) is 11.0 Å². The monoisotopic (exact) mass is 306 g/mol. The van der Waals surface area contributed by atoms with Gasteiger partial charge in [0.25, 0.3) is 0 Å². The van der Waals surface area contributed by atoms with Crippen LogP contribution in [0, 0.1) is 11.8 Å². The average molecular weight is 306 g/mol. The molecule has 4 rings (SSSR count). The number of imidazole rings is 1. The summed E-state index contributed by atoms with van der Waals surface area (Å²) in [7, 11) is 0. The molecule has 1 fully saturated rings. The Balaban J connectivity index is 1.48. The molecule has 0 unspecified atom stereocenters. The zero-order valence-electron chi connectivity index (χ0n) is 12.9. The summed E-state index contributed by atoms with van der Waals surface area (Å²) < 4.78 is 1.96. The molecule has 0 aliphatic heterocycles. The van der Waals surface area contributed by atoms with Crippen molar-refractivity contribution in [1.82, 2.24) is 19.9 Å². The number of fused-ring (bicyclic) bond motifs is 1. The lowest BCUT2D eigenvalue weighted by molar-refractivity contribution is -0.122. The molecule has 0 spiro atoms. The normalized spacial score (nSPS) is 19.7. The van der Waals surface area contributed by atoms with E-state index in [1.54, 1.807) is 12.5 Å². The van der Waals surface area contributed by atoms with Gasteiger partial charge in [-0.2, -0.15) is 0 Å². The minimum Gasteiger partial charge on any atom is -0.352 e. The van der Waals surface area contributed by atoms with Crippen LogP contribution in [0.4, 0.5) is 0 Å². The molecule has 116 valence electrons. The van der Waals surface area contributed by atoms with Crippen LogP contribution in [0.3, 0.4) is 0 Å². The lowest BCUT2D eigenvalue weighted by Gasteiger charge is -2.07. The third-order valence-electron chi connectivity index (χ3n) is 4.42. The molecule has 1 saturated carbocycles. The standard InChI is InChI=1S/C18H18N4O/c1-12-8-14(12)18(23)20-10-13-6-7-17(19-9-13)22-11-21-15-4-2-3-5-16(15)22/h2-7,9,11-12,14H,8,10H2,1H3,(H,20,23)/t12-,14-/m0/s1. The van der Waals surface area contributed by atoms with Gasteiger partial charge in [0.1, 0.15) is 12.1 Å². The number of aromatic nitrogens is 3. The molecule has 0 radical (unpaired) electrons. The van der Waals surface area contributed by atoms with E-state index in [1.807, 2.05) is 41.0 Å². The second-order valence-corrected chi connectivity index (χ2v) is 6.17. The van der Waals surface area contributed by atoms with Gasteiger partial charge in [-0.3, -0.25) is 9.36 Å². The van der Waals surface area contributed by atoms with Crippen LogP contribution in [0.15, 0.2) is 48.9 Å². The maximum atomic E-state index is 11.8. The molecule has 2 atom stereocenters. The van der Waals surface area contributed by atoms with Crippen molar-refractivity contribution in [3.8, 4) is 5.82 Å². The Bertz CT molecular complexity index is 853. The maximum Gasteiger partial charge on any atom is 0.223 e. The fourth-order valence-corrected chi connectivity index (χ4v) is 2.81. The second kappa shape index (κ2) is 5.50. The van der Waals surface area contributed by atoms with Gasteiger partial charge in [0, 0.05) is 18.7 Å². The van der Waals surface area contributed by atoms with Gasteiger partial charge in [-0.15, -0.1) is 0 Å². The second-order valence-electron chi connectivity index (χ2n) is 6.17. The molecule has 0 bridgehead atoms. The highest BCUT2D eigenvalue weighted by molar-refractivity contribution is 5.81. The lowest BCUT2D eigenvalue weighted by Crippen LogP contribution is -2.24. The number of carbonyl (C=O) groups excluding carboxylic acids is 1. The predicted molar refractivity (Wildman–Crippen MR) is 88.0 cm³/mol. The number of nitrogens with one attached hydrogen (secondary N) is 1. The molecule has 2 aromatic heterocycles. The van der Waals surface area contributed by atoms with Crippen LogP contribution < -0.4 is 5.32 Å². The van der Waals surface area contributed by atoms with Crippen LogP contribution in [0.5, 0.6) is 0 Å². The van der Waals surface area contributed by atoms with Crippen molar-refractivity contribution < 1.29 is 4.79 Å². The summed E-state index contributed by atoms with van der Waals surface area (Å²) in [6.45, 7) is 2.63. The number of nitrogens with zero attached hydrogens (tertiary/aromatic N) is 3. The highest BCUT2D eigenvalue weighted by Crippen LogP contribution is 2.37. The molecule has 1 N–H and O–H groups in total. The molecule has 3 aromatic rings. The molecule has 1 aromatic carbocycles. The van der Waals surface area contributed by atoms with Gasteiger partial charge < -0.3 is 5.32 Å². The molecule has 1 aliphatic carbocycles. The van der Waals surface area contributed by atoms with Crippen LogP contribution in [0.2, 0.25) is 0 Å². The quantitative estimate of drug-likeness (QED) is 0.806. The topological polar surface area (TPSA) is 59.8 Å². The van der Waals surface area contributed by atoms with Crippen molar-refractivity contribution in [2.75, 3.05) is 0 Å². The van der Waals surface area contributed by atoms with Crippen LogP contribution >= 0.6 is 0 Å². The van der Waals surface area contributed by atoms with E-state index in [2.05, 4.69) is 22.2 Å². The van der Waals surface area contributed by atoms with E-state index in [4.69, 9.17) is 0 Å². The fourth-order valence-electron chi connectivity index (χ4n) is 2.81. The van der Waals surface area contributed by atoms with Gasteiger partial charge in [-0.1, -0.05) is 25.1 Å². The summed E-state index contributed by atoms with van der Waals surface area (Å²) in [5.74, 6) is 1.72. The summed E-state index contributed by atoms with van der Waals surface area (Å²) in [5.41, 5.74) is 2.98. The first-order chi connectivity index (χ1) is 11.2. The number of hydrogen-bond donors (Lipinski definition) is 1. The van der Waals surface area contributed by atoms with Crippen molar-refractivity contribution >= 4 is 16.9 Å². The van der Waals surface area contributed by atoms with E-state index in [0.29, 0.717) is 12.5 Å². The summed E-state index contributed by atoms with van der Waals surface area (Å²) in [5, 5.41) is 2.98. The predicted octanol–water partition coefficient (Wildman–Crippen LogP) is 2.69. The molecule has 0 saturated heterocycles. The first-order valence-corrected chi connectivity index (χ1v) is 7.87. The van der Waals surface area contributed by atoms with Crippen molar-refractivity contribution in [3.05, 3.63) is 54.5 Å². The number of hydrogen-bond acceptors (Lipinski definition) is 3. The zero-order valence-corrected chi connectivity index (χ0v) is 12.9. The Morgan fingerprint density at radius 2 is 2.09 bits per heavy atom. The van der Waals surface area contributed by atoms with Crippen molar-refractivity contribution in [2.24, 2.45) is 11.8 Å². The van der Waals surface area contributed by atoms with Crippen LogP contribution in [0.25, 0.3) is 16.9 Å². The number of pyridine rings is 1. The number of benzene rings is 1. The summed E-state index contributed by atoms with van der Waals surface area (Å²) in [6.07, 6.45) is 4.60. The fraction of sp³-hybridized carbons (Fsp3) is 0.278. The van der Waals surface area contributed by atoms with E-state index in [0.717, 1.165) is 28.8 Å². The van der Waals surface area contributed by atoms with Crippen molar-refractivity contribution in [2.45, 2.75) is 19.9 Å². The SMILES string of the molecule is C[C@H]1C[C@@H]1C(=O)NCc1ccc(-n2cnc3ccccc32)nc1. The first-order valence-electron chi connectivity index (χ1n) is 7.87. The Labute approximate surface area is 134 Å². The molecule has 5 nitrogen and oxygen atoms in total. The third kappa shape index (κ3) is 2.70. The molecular formula is C18H18N4O. The zero-order chi connectivity index (χ0) is 15.8. The smallest absolute Gasteiger partial charge is 0.223 e.